The summed E-state index contributed by atoms with van der Waals surface area (Å²) in [7, 11) is 0. The molecule has 12 heteroatoms. The molecule has 6 nitrogen and oxygen atoms in total. The molecule has 0 aromatic carbocycles. The highest BCUT2D eigenvalue weighted by Crippen LogP contribution is 2.49. The van der Waals surface area contributed by atoms with Crippen LogP contribution in [-0.4, -0.2) is 24.8 Å². The Morgan fingerprint density at radius 1 is 1.50 bits per heavy atom. The van der Waals surface area contributed by atoms with Crippen LogP contribution in [0.4, 0.5) is 10.7 Å². The summed E-state index contributed by atoms with van der Waals surface area (Å²) in [5.41, 5.74) is 0.903. The van der Waals surface area contributed by atoms with Gasteiger partial charge in [-0.3, -0.25) is 8.51 Å². The highest BCUT2D eigenvalue weighted by molar-refractivity contribution is 9.10. The Balaban J connectivity index is 2.66. The zero-order valence-corrected chi connectivity index (χ0v) is 14.5. The minimum Gasteiger partial charge on any atom is -0.755 e. The number of aromatic carboxylic acids is 1. The largest absolute Gasteiger partial charge is 0.755 e. The predicted molar refractivity (Wildman–Crippen MR) is 82.2 cm³/mol. The van der Waals surface area contributed by atoms with E-state index in [1.165, 1.54) is 5.51 Å². The summed E-state index contributed by atoms with van der Waals surface area (Å²) in [5.74, 6) is -1.34. The van der Waals surface area contributed by atoms with E-state index in [9.17, 15) is 13.6 Å². The van der Waals surface area contributed by atoms with Gasteiger partial charge in [-0.25, -0.2) is 9.78 Å². The summed E-state index contributed by atoms with van der Waals surface area (Å²) in [6, 6.07) is 0. The normalized spacial score (nSPS) is 12.4. The molecule has 2 rings (SSSR count). The van der Waals surface area contributed by atoms with Gasteiger partial charge in [-0.05, 0) is 15.9 Å². The lowest BCUT2D eigenvalue weighted by atomic mass is 10.4. The third-order valence-electron chi connectivity index (χ3n) is 2.03. The van der Waals surface area contributed by atoms with Gasteiger partial charge in [-0.15, -0.1) is 22.7 Å². The number of carbonyl (C=O) groups is 1. The molecule has 20 heavy (non-hydrogen) atoms. The van der Waals surface area contributed by atoms with E-state index in [2.05, 4.69) is 20.9 Å². The fraction of sp³-hybridized carbons (Fsp3) is 0. The van der Waals surface area contributed by atoms with Crippen LogP contribution in [0.15, 0.2) is 9.98 Å². The summed E-state index contributed by atoms with van der Waals surface area (Å²) >= 11 is 14.0. The standard InChI is InChI=1S/C8H3BrCl2N2O4S3/c9-2-4(6(11)19-5(2)10)13(20(16)17)7-3(8(14)15)12-1-18-7/h1H,(H,14,15)(H,16,17)/p-1. The first-order chi connectivity index (χ1) is 9.34. The van der Waals surface area contributed by atoms with E-state index in [1.807, 2.05) is 0 Å². The first-order valence-corrected chi connectivity index (χ1v) is 8.81. The molecule has 2 aromatic rings. The molecular formula is C8H2BrCl2N2O4S3-. The molecule has 0 aliphatic rings. The molecule has 1 atom stereocenters. The van der Waals surface area contributed by atoms with Crippen molar-refractivity contribution in [1.82, 2.24) is 4.98 Å². The third kappa shape index (κ3) is 2.86. The summed E-state index contributed by atoms with van der Waals surface area (Å²) in [6.07, 6.45) is 0. The van der Waals surface area contributed by atoms with Crippen LogP contribution < -0.4 is 4.31 Å². The first-order valence-electron chi connectivity index (χ1n) is 4.54. The van der Waals surface area contributed by atoms with Crippen molar-refractivity contribution in [3.05, 3.63) is 24.3 Å². The highest BCUT2D eigenvalue weighted by atomic mass is 79.9. The third-order valence-corrected chi connectivity index (χ3v) is 6.47. The Morgan fingerprint density at radius 2 is 2.15 bits per heavy atom. The molecule has 0 aliphatic heterocycles. The number of anilines is 2. The quantitative estimate of drug-likeness (QED) is 0.733. The molecule has 0 amide bonds. The SMILES string of the molecule is O=C(O)c1ncsc1N(c1c(Cl)sc(Cl)c1Br)S(=O)[O-]. The van der Waals surface area contributed by atoms with Crippen LogP contribution in [-0.2, 0) is 11.3 Å². The van der Waals surface area contributed by atoms with Gasteiger partial charge in [-0.2, -0.15) is 0 Å². The molecular weight excluding hydrogens is 435 g/mol. The smallest absolute Gasteiger partial charge is 0.357 e. The lowest BCUT2D eigenvalue weighted by Gasteiger charge is -2.24. The van der Waals surface area contributed by atoms with Crippen LogP contribution in [0.3, 0.4) is 0 Å². The number of halogens is 3. The van der Waals surface area contributed by atoms with Crippen LogP contribution in [0.25, 0.3) is 0 Å². The van der Waals surface area contributed by atoms with Gasteiger partial charge in [0.25, 0.3) is 0 Å². The van der Waals surface area contributed by atoms with Crippen LogP contribution in [0.2, 0.25) is 8.67 Å². The van der Waals surface area contributed by atoms with Crippen molar-refractivity contribution in [3.63, 3.8) is 0 Å². The van der Waals surface area contributed by atoms with Gasteiger partial charge < -0.3 is 9.66 Å². The monoisotopic (exact) mass is 435 g/mol. The van der Waals surface area contributed by atoms with E-state index in [1.54, 1.807) is 0 Å². The summed E-state index contributed by atoms with van der Waals surface area (Å²) < 4.78 is 24.3. The Labute approximate surface area is 141 Å². The second-order valence-corrected chi connectivity index (χ2v) is 7.79. The number of rotatable bonds is 4. The molecule has 0 saturated carbocycles. The summed E-state index contributed by atoms with van der Waals surface area (Å²) in [6.45, 7) is 0. The number of nitrogens with zero attached hydrogens (tertiary/aromatic N) is 2. The van der Waals surface area contributed by atoms with Crippen LogP contribution in [0.1, 0.15) is 10.5 Å². The van der Waals surface area contributed by atoms with Crippen LogP contribution >= 0.6 is 61.8 Å². The number of carboxylic acid groups (broad SMARTS) is 1. The van der Waals surface area contributed by atoms with Crippen molar-refractivity contribution in [1.29, 1.82) is 0 Å². The number of thiazole rings is 1. The van der Waals surface area contributed by atoms with E-state index in [-0.39, 0.29) is 29.5 Å². The van der Waals surface area contributed by atoms with Crippen molar-refractivity contribution < 1.29 is 18.7 Å². The fourth-order valence-corrected chi connectivity index (χ4v) is 5.43. The van der Waals surface area contributed by atoms with Crippen molar-refractivity contribution >= 4 is 89.7 Å². The van der Waals surface area contributed by atoms with Gasteiger partial charge in [-0.1, -0.05) is 23.2 Å². The van der Waals surface area contributed by atoms with Gasteiger partial charge in [0.2, 0.25) is 0 Å². The van der Waals surface area contributed by atoms with Crippen molar-refractivity contribution in [2.75, 3.05) is 4.31 Å². The van der Waals surface area contributed by atoms with E-state index in [4.69, 9.17) is 28.3 Å². The van der Waals surface area contributed by atoms with Gasteiger partial charge in [0.05, 0.1) is 21.2 Å². The summed E-state index contributed by atoms with van der Waals surface area (Å²) in [4.78, 5) is 14.7. The molecule has 0 radical (unpaired) electrons. The number of aromatic nitrogens is 1. The van der Waals surface area contributed by atoms with E-state index >= 15 is 0 Å². The van der Waals surface area contributed by atoms with Crippen molar-refractivity contribution in [2.45, 2.75) is 0 Å². The fourth-order valence-electron chi connectivity index (χ4n) is 1.29. The van der Waals surface area contributed by atoms with Crippen molar-refractivity contribution in [3.8, 4) is 0 Å². The summed E-state index contributed by atoms with van der Waals surface area (Å²) in [5, 5.41) is 8.94. The van der Waals surface area contributed by atoms with Gasteiger partial charge in [0, 0.05) is 0 Å². The van der Waals surface area contributed by atoms with Gasteiger partial charge in [0.15, 0.2) is 5.69 Å². The maximum absolute atomic E-state index is 11.5. The number of thiophene rings is 1. The van der Waals surface area contributed by atoms with Gasteiger partial charge in [0.1, 0.15) is 19.4 Å². The molecule has 2 aromatic heterocycles. The zero-order chi connectivity index (χ0) is 15.0. The van der Waals surface area contributed by atoms with E-state index in [0.29, 0.717) is 0 Å². The number of carboxylic acids is 1. The lowest BCUT2D eigenvalue weighted by molar-refractivity contribution is 0.0692. The number of hydrogen-bond acceptors (Lipinski definition) is 6. The molecule has 1 N–H and O–H groups in total. The molecule has 108 valence electrons. The second-order valence-electron chi connectivity index (χ2n) is 3.13. The lowest BCUT2D eigenvalue weighted by Crippen LogP contribution is -2.21. The van der Waals surface area contributed by atoms with E-state index in [0.717, 1.165) is 27.0 Å². The molecule has 0 fully saturated rings. The van der Waals surface area contributed by atoms with Crippen LogP contribution in [0, 0.1) is 0 Å². The second kappa shape index (κ2) is 6.26. The topological polar surface area (TPSA) is 93.6 Å². The van der Waals surface area contributed by atoms with Crippen molar-refractivity contribution in [2.24, 2.45) is 0 Å². The average Bonchev–Trinajstić information content (AvgIpc) is 2.90. The van der Waals surface area contributed by atoms with E-state index < -0.39 is 17.2 Å². The maximum Gasteiger partial charge on any atom is 0.357 e. The highest BCUT2D eigenvalue weighted by Gasteiger charge is 2.27. The molecule has 0 saturated heterocycles. The molecule has 0 spiro atoms. The Morgan fingerprint density at radius 3 is 2.60 bits per heavy atom. The minimum absolute atomic E-state index is 0.0572. The predicted octanol–water partition coefficient (Wildman–Crippen LogP) is 3.90. The van der Waals surface area contributed by atoms with Gasteiger partial charge >= 0.3 is 5.97 Å². The minimum atomic E-state index is -2.79. The first kappa shape index (κ1) is 16.1. The Hall–Kier alpha value is -0.230. The molecule has 1 unspecified atom stereocenters. The maximum atomic E-state index is 11.5. The molecule has 0 bridgehead atoms. The van der Waals surface area contributed by atoms with Crippen LogP contribution in [0.5, 0.6) is 0 Å². The molecule has 2 heterocycles. The Kier molecular flexibility index (Phi) is 5.05. The molecule has 0 aliphatic carbocycles. The Bertz CT molecular complexity index is 704. The zero-order valence-electron chi connectivity index (χ0n) is 9.00. The average molecular weight is 437 g/mol. The number of hydrogen-bond donors (Lipinski definition) is 1.